The molecule has 0 bridgehead atoms. The van der Waals surface area contributed by atoms with Gasteiger partial charge in [-0.25, -0.2) is 0 Å². The van der Waals surface area contributed by atoms with E-state index in [2.05, 4.69) is 6.92 Å². The highest BCUT2D eigenvalue weighted by Crippen LogP contribution is 2.05. The third kappa shape index (κ3) is 6.89. The molecule has 0 rings (SSSR count). The maximum atomic E-state index is 11.2. The Morgan fingerprint density at radius 3 is 2.43 bits per heavy atom. The summed E-state index contributed by atoms with van der Waals surface area (Å²) in [6.45, 7) is 6.69. The fraction of sp³-hybridized carbons (Fsp3) is 0.909. The summed E-state index contributed by atoms with van der Waals surface area (Å²) in [5.74, 6) is -0.144. The first kappa shape index (κ1) is 13.4. The molecule has 0 heterocycles. The van der Waals surface area contributed by atoms with Crippen molar-refractivity contribution in [1.82, 2.24) is 0 Å². The first-order valence-corrected chi connectivity index (χ1v) is 5.55. The number of carbonyl (C=O) groups is 1. The highest BCUT2D eigenvalue weighted by Gasteiger charge is 2.11. The van der Waals surface area contributed by atoms with Crippen LogP contribution >= 0.6 is 0 Å². The summed E-state index contributed by atoms with van der Waals surface area (Å²) < 4.78 is 10.5. The van der Waals surface area contributed by atoms with Crippen LogP contribution in [-0.2, 0) is 14.3 Å². The Labute approximate surface area is 86.8 Å². The molecule has 0 amide bonds. The molecule has 0 fully saturated rings. The van der Waals surface area contributed by atoms with E-state index in [4.69, 9.17) is 9.47 Å². The van der Waals surface area contributed by atoms with Crippen LogP contribution in [0, 0.1) is 0 Å². The normalized spacial score (nSPS) is 12.5. The second-order valence-corrected chi connectivity index (χ2v) is 3.30. The van der Waals surface area contributed by atoms with Gasteiger partial charge in [-0.15, -0.1) is 0 Å². The quantitative estimate of drug-likeness (QED) is 0.448. The number of hydrogen-bond acceptors (Lipinski definition) is 3. The van der Waals surface area contributed by atoms with Gasteiger partial charge in [0.2, 0.25) is 6.29 Å². The second kappa shape index (κ2) is 9.00. The molecule has 0 saturated heterocycles. The summed E-state index contributed by atoms with van der Waals surface area (Å²) in [5, 5.41) is 0. The molecule has 0 aromatic carbocycles. The molecule has 0 aromatic rings. The summed E-state index contributed by atoms with van der Waals surface area (Å²) in [5.41, 5.74) is 0. The molecular formula is C11H22O3. The summed E-state index contributed by atoms with van der Waals surface area (Å²) in [6, 6.07) is 0. The summed E-state index contributed by atoms with van der Waals surface area (Å²) in [4.78, 5) is 11.2. The van der Waals surface area contributed by atoms with E-state index in [1.54, 1.807) is 0 Å². The van der Waals surface area contributed by atoms with E-state index in [0.29, 0.717) is 13.0 Å². The molecule has 3 nitrogen and oxygen atoms in total. The zero-order valence-corrected chi connectivity index (χ0v) is 9.54. The predicted octanol–water partition coefficient (Wildman–Crippen LogP) is 2.88. The minimum absolute atomic E-state index is 0.144. The van der Waals surface area contributed by atoms with Crippen LogP contribution in [0.1, 0.15) is 52.9 Å². The van der Waals surface area contributed by atoms with Gasteiger partial charge < -0.3 is 9.47 Å². The van der Waals surface area contributed by atoms with Crippen molar-refractivity contribution >= 4 is 5.97 Å². The Balaban J connectivity index is 3.62. The van der Waals surface area contributed by atoms with Crippen molar-refractivity contribution in [3.05, 3.63) is 0 Å². The zero-order chi connectivity index (χ0) is 10.8. The molecule has 0 N–H and O–H groups in total. The lowest BCUT2D eigenvalue weighted by atomic mass is 10.2. The van der Waals surface area contributed by atoms with E-state index in [0.717, 1.165) is 25.7 Å². The van der Waals surface area contributed by atoms with E-state index < -0.39 is 0 Å². The van der Waals surface area contributed by atoms with Crippen LogP contribution in [0.4, 0.5) is 0 Å². The van der Waals surface area contributed by atoms with Crippen LogP contribution in [0.5, 0.6) is 0 Å². The van der Waals surface area contributed by atoms with E-state index in [9.17, 15) is 4.79 Å². The maximum absolute atomic E-state index is 11.2. The first-order chi connectivity index (χ1) is 6.74. The highest BCUT2D eigenvalue weighted by molar-refractivity contribution is 5.69. The lowest BCUT2D eigenvalue weighted by Gasteiger charge is -2.16. The molecule has 0 spiro atoms. The van der Waals surface area contributed by atoms with Gasteiger partial charge in [0.05, 0.1) is 6.61 Å². The minimum atomic E-state index is -0.348. The number of hydrogen-bond donors (Lipinski definition) is 0. The molecule has 0 aliphatic heterocycles. The van der Waals surface area contributed by atoms with Gasteiger partial charge in [0.15, 0.2) is 0 Å². The second-order valence-electron chi connectivity index (χ2n) is 3.30. The molecule has 0 radical (unpaired) electrons. The first-order valence-electron chi connectivity index (χ1n) is 5.55. The van der Waals surface area contributed by atoms with Crippen molar-refractivity contribution in [2.45, 2.75) is 59.2 Å². The largest absolute Gasteiger partial charge is 0.436 e. The Morgan fingerprint density at radius 2 is 1.93 bits per heavy atom. The van der Waals surface area contributed by atoms with E-state index in [1.165, 1.54) is 0 Å². The summed E-state index contributed by atoms with van der Waals surface area (Å²) in [6.07, 6.45) is 3.73. The fourth-order valence-corrected chi connectivity index (χ4v) is 1.01. The van der Waals surface area contributed by atoms with Crippen molar-refractivity contribution in [2.24, 2.45) is 0 Å². The Morgan fingerprint density at radius 1 is 1.21 bits per heavy atom. The molecule has 0 saturated carbocycles. The number of rotatable bonds is 8. The third-order valence-corrected chi connectivity index (χ3v) is 1.84. The molecule has 84 valence electrons. The highest BCUT2D eigenvalue weighted by atomic mass is 16.7. The summed E-state index contributed by atoms with van der Waals surface area (Å²) in [7, 11) is 0. The number of carbonyl (C=O) groups excluding carboxylic acids is 1. The minimum Gasteiger partial charge on any atom is -0.436 e. The lowest BCUT2D eigenvalue weighted by Crippen LogP contribution is -2.21. The smallest absolute Gasteiger partial charge is 0.308 e. The molecule has 0 aliphatic rings. The van der Waals surface area contributed by atoms with Crippen LogP contribution < -0.4 is 0 Å². The van der Waals surface area contributed by atoms with Crippen molar-refractivity contribution in [3.8, 4) is 0 Å². The van der Waals surface area contributed by atoms with Crippen LogP contribution in [0.25, 0.3) is 0 Å². The van der Waals surface area contributed by atoms with Crippen LogP contribution in [-0.4, -0.2) is 18.9 Å². The van der Waals surface area contributed by atoms with Gasteiger partial charge in [0.1, 0.15) is 0 Å². The molecule has 1 unspecified atom stereocenters. The molecule has 0 aliphatic carbocycles. The SMILES string of the molecule is CCCCC(=O)OC(CC)OCCC. The maximum Gasteiger partial charge on any atom is 0.308 e. The lowest BCUT2D eigenvalue weighted by molar-refractivity contribution is -0.179. The van der Waals surface area contributed by atoms with Crippen molar-refractivity contribution in [1.29, 1.82) is 0 Å². The van der Waals surface area contributed by atoms with E-state index in [1.807, 2.05) is 13.8 Å². The van der Waals surface area contributed by atoms with Crippen molar-refractivity contribution in [3.63, 3.8) is 0 Å². The standard InChI is InChI=1S/C11H22O3/c1-4-7-8-10(12)14-11(6-3)13-9-5-2/h11H,4-9H2,1-3H3. The summed E-state index contributed by atoms with van der Waals surface area (Å²) >= 11 is 0. The predicted molar refractivity (Wildman–Crippen MR) is 55.9 cm³/mol. The van der Waals surface area contributed by atoms with Crippen LogP contribution in [0.3, 0.4) is 0 Å². The van der Waals surface area contributed by atoms with E-state index >= 15 is 0 Å². The Bertz CT molecular complexity index is 145. The molecule has 1 atom stereocenters. The van der Waals surface area contributed by atoms with Gasteiger partial charge in [-0.2, -0.15) is 0 Å². The van der Waals surface area contributed by atoms with Gasteiger partial charge in [0.25, 0.3) is 0 Å². The molecular weight excluding hydrogens is 180 g/mol. The topological polar surface area (TPSA) is 35.5 Å². The monoisotopic (exact) mass is 202 g/mol. The van der Waals surface area contributed by atoms with E-state index in [-0.39, 0.29) is 12.3 Å². The van der Waals surface area contributed by atoms with Gasteiger partial charge in [-0.1, -0.05) is 27.2 Å². The number of esters is 1. The molecule has 0 aromatic heterocycles. The third-order valence-electron chi connectivity index (χ3n) is 1.84. The van der Waals surface area contributed by atoms with Gasteiger partial charge in [-0.05, 0) is 12.8 Å². The fourth-order valence-electron chi connectivity index (χ4n) is 1.01. The average molecular weight is 202 g/mol. The Hall–Kier alpha value is -0.570. The number of ether oxygens (including phenoxy) is 2. The van der Waals surface area contributed by atoms with Crippen molar-refractivity contribution in [2.75, 3.05) is 6.61 Å². The molecule has 14 heavy (non-hydrogen) atoms. The zero-order valence-electron chi connectivity index (χ0n) is 9.54. The van der Waals surface area contributed by atoms with Crippen molar-refractivity contribution < 1.29 is 14.3 Å². The Kier molecular flexibility index (Phi) is 8.64. The number of unbranched alkanes of at least 4 members (excludes halogenated alkanes) is 1. The van der Waals surface area contributed by atoms with Gasteiger partial charge in [-0.3, -0.25) is 4.79 Å². The van der Waals surface area contributed by atoms with Crippen LogP contribution in [0.15, 0.2) is 0 Å². The average Bonchev–Trinajstić information content (AvgIpc) is 2.21. The van der Waals surface area contributed by atoms with Gasteiger partial charge >= 0.3 is 5.97 Å². The van der Waals surface area contributed by atoms with Crippen LogP contribution in [0.2, 0.25) is 0 Å². The molecule has 3 heteroatoms. The van der Waals surface area contributed by atoms with Gasteiger partial charge in [0, 0.05) is 12.8 Å².